The van der Waals surface area contributed by atoms with E-state index in [1.165, 1.54) is 0 Å². The molecule has 0 spiro atoms. The maximum absolute atomic E-state index is 9.96. The molecule has 0 aliphatic heterocycles. The van der Waals surface area contributed by atoms with Gasteiger partial charge < -0.3 is 30.0 Å². The van der Waals surface area contributed by atoms with E-state index in [4.69, 9.17) is 14.2 Å². The first-order chi connectivity index (χ1) is 13.1. The molecule has 27 heavy (non-hydrogen) atoms. The highest BCUT2D eigenvalue weighted by Gasteiger charge is 2.10. The lowest BCUT2D eigenvalue weighted by Gasteiger charge is -2.19. The molecule has 0 bridgehead atoms. The van der Waals surface area contributed by atoms with Crippen LogP contribution in [0.2, 0.25) is 0 Å². The summed E-state index contributed by atoms with van der Waals surface area (Å²) < 4.78 is 16.4. The van der Waals surface area contributed by atoms with Gasteiger partial charge in [-0.05, 0) is 37.3 Å². The summed E-state index contributed by atoms with van der Waals surface area (Å²) in [4.78, 5) is 4.19. The second-order valence-electron chi connectivity index (χ2n) is 5.88. The van der Waals surface area contributed by atoms with Gasteiger partial charge in [0.15, 0.2) is 17.5 Å². The van der Waals surface area contributed by atoms with Crippen LogP contribution < -0.4 is 24.8 Å². The van der Waals surface area contributed by atoms with E-state index in [9.17, 15) is 5.11 Å². The van der Waals surface area contributed by atoms with Crippen molar-refractivity contribution in [2.45, 2.75) is 19.6 Å². The van der Waals surface area contributed by atoms with Crippen molar-refractivity contribution in [2.24, 2.45) is 4.99 Å². The van der Waals surface area contributed by atoms with Gasteiger partial charge in [0.25, 0.3) is 0 Å². The fourth-order valence-electron chi connectivity index (χ4n) is 2.44. The lowest BCUT2D eigenvalue weighted by molar-refractivity contribution is 0.213. The highest BCUT2D eigenvalue weighted by atomic mass is 16.5. The minimum atomic E-state index is -0.106. The van der Waals surface area contributed by atoms with E-state index in [2.05, 4.69) is 15.6 Å². The molecule has 0 saturated heterocycles. The molecule has 7 nitrogen and oxygen atoms in total. The summed E-state index contributed by atoms with van der Waals surface area (Å²) >= 11 is 0. The van der Waals surface area contributed by atoms with Gasteiger partial charge in [0.05, 0.1) is 20.8 Å². The molecule has 0 saturated carbocycles. The zero-order chi connectivity index (χ0) is 19.6. The van der Waals surface area contributed by atoms with E-state index in [0.29, 0.717) is 36.3 Å². The van der Waals surface area contributed by atoms with E-state index in [0.717, 1.165) is 5.56 Å². The molecule has 2 aromatic carbocycles. The Balaban J connectivity index is 1.86. The number of nitrogens with zero attached hydrogens (tertiary/aromatic N) is 1. The van der Waals surface area contributed by atoms with Gasteiger partial charge in [-0.2, -0.15) is 0 Å². The van der Waals surface area contributed by atoms with Crippen LogP contribution in [0.15, 0.2) is 47.5 Å². The van der Waals surface area contributed by atoms with Crippen LogP contribution in [-0.2, 0) is 6.54 Å². The van der Waals surface area contributed by atoms with Gasteiger partial charge in [-0.3, -0.25) is 4.99 Å². The SMILES string of the molecule is CN=C(NCc1cc(OC)ccc1O)NCC(C)Oc1ccccc1OC. The number of hydrogen-bond donors (Lipinski definition) is 3. The number of methoxy groups -OCH3 is 2. The number of phenols is 1. The molecule has 2 aromatic rings. The number of rotatable bonds is 8. The largest absolute Gasteiger partial charge is 0.508 e. The van der Waals surface area contributed by atoms with Crippen LogP contribution in [-0.4, -0.2) is 45.0 Å². The van der Waals surface area contributed by atoms with E-state index >= 15 is 0 Å². The smallest absolute Gasteiger partial charge is 0.191 e. The van der Waals surface area contributed by atoms with E-state index in [1.807, 2.05) is 31.2 Å². The number of nitrogens with one attached hydrogen (secondary N) is 2. The van der Waals surface area contributed by atoms with Gasteiger partial charge in [-0.15, -0.1) is 0 Å². The molecule has 2 rings (SSSR count). The predicted octanol–water partition coefficient (Wildman–Crippen LogP) is 2.54. The van der Waals surface area contributed by atoms with Crippen molar-refractivity contribution in [3.05, 3.63) is 48.0 Å². The van der Waals surface area contributed by atoms with E-state index < -0.39 is 0 Å². The summed E-state index contributed by atoms with van der Waals surface area (Å²) in [5.41, 5.74) is 0.718. The fourth-order valence-corrected chi connectivity index (χ4v) is 2.44. The Morgan fingerprint density at radius 1 is 1.07 bits per heavy atom. The number of hydrogen-bond acceptors (Lipinski definition) is 5. The van der Waals surface area contributed by atoms with Crippen molar-refractivity contribution in [3.63, 3.8) is 0 Å². The van der Waals surface area contributed by atoms with Crippen molar-refractivity contribution in [2.75, 3.05) is 27.8 Å². The summed E-state index contributed by atoms with van der Waals surface area (Å²) in [6, 6.07) is 12.6. The summed E-state index contributed by atoms with van der Waals surface area (Å²) in [7, 11) is 4.89. The van der Waals surface area contributed by atoms with Crippen molar-refractivity contribution >= 4 is 5.96 Å². The topological polar surface area (TPSA) is 84.3 Å². The molecule has 0 heterocycles. The van der Waals surface area contributed by atoms with Gasteiger partial charge in [-0.25, -0.2) is 0 Å². The zero-order valence-corrected chi connectivity index (χ0v) is 16.2. The number of ether oxygens (including phenoxy) is 3. The average molecular weight is 373 g/mol. The van der Waals surface area contributed by atoms with Crippen LogP contribution in [0.1, 0.15) is 12.5 Å². The van der Waals surface area contributed by atoms with Crippen molar-refractivity contribution in [3.8, 4) is 23.0 Å². The Kier molecular flexibility index (Phi) is 7.61. The van der Waals surface area contributed by atoms with Gasteiger partial charge in [-0.1, -0.05) is 12.1 Å². The zero-order valence-electron chi connectivity index (χ0n) is 16.2. The Bertz CT molecular complexity index is 765. The minimum Gasteiger partial charge on any atom is -0.508 e. The third-order valence-corrected chi connectivity index (χ3v) is 3.91. The molecule has 0 amide bonds. The van der Waals surface area contributed by atoms with Crippen molar-refractivity contribution in [1.82, 2.24) is 10.6 Å². The molecular weight excluding hydrogens is 346 g/mol. The molecule has 3 N–H and O–H groups in total. The Morgan fingerprint density at radius 2 is 1.81 bits per heavy atom. The lowest BCUT2D eigenvalue weighted by atomic mass is 10.2. The predicted molar refractivity (Wildman–Crippen MR) is 106 cm³/mol. The van der Waals surface area contributed by atoms with Crippen LogP contribution in [0, 0.1) is 0 Å². The van der Waals surface area contributed by atoms with Gasteiger partial charge in [0, 0.05) is 19.2 Å². The molecule has 0 fully saturated rings. The monoisotopic (exact) mass is 373 g/mol. The average Bonchev–Trinajstić information content (AvgIpc) is 2.69. The standard InChI is InChI=1S/C20H27N3O4/c1-14(27-19-8-6-5-7-18(19)26-4)12-22-20(21-2)23-13-15-11-16(25-3)9-10-17(15)24/h5-11,14,24H,12-13H2,1-4H3,(H2,21,22,23). The minimum absolute atomic E-state index is 0.106. The highest BCUT2D eigenvalue weighted by Crippen LogP contribution is 2.26. The van der Waals surface area contributed by atoms with Gasteiger partial charge >= 0.3 is 0 Å². The number of benzene rings is 2. The molecule has 0 aliphatic carbocycles. The molecule has 1 unspecified atom stereocenters. The third kappa shape index (κ3) is 5.99. The molecule has 0 aliphatic rings. The number of para-hydroxylation sites is 2. The van der Waals surface area contributed by atoms with Gasteiger partial charge in [0.1, 0.15) is 17.6 Å². The number of guanidine groups is 1. The van der Waals surface area contributed by atoms with E-state index in [1.54, 1.807) is 39.5 Å². The molecule has 146 valence electrons. The van der Waals surface area contributed by atoms with Gasteiger partial charge in [0.2, 0.25) is 0 Å². The van der Waals surface area contributed by atoms with Crippen LogP contribution >= 0.6 is 0 Å². The Hall–Kier alpha value is -3.09. The van der Waals surface area contributed by atoms with Crippen molar-refractivity contribution in [1.29, 1.82) is 0 Å². The first kappa shape index (κ1) is 20.2. The highest BCUT2D eigenvalue weighted by molar-refractivity contribution is 5.79. The summed E-state index contributed by atoms with van der Waals surface area (Å²) in [6.45, 7) is 2.91. The first-order valence-corrected chi connectivity index (χ1v) is 8.67. The quantitative estimate of drug-likeness (QED) is 0.487. The van der Waals surface area contributed by atoms with E-state index in [-0.39, 0.29) is 11.9 Å². The number of aliphatic imine (C=N–C) groups is 1. The summed E-state index contributed by atoms with van der Waals surface area (Å²) in [5, 5.41) is 16.3. The maximum Gasteiger partial charge on any atom is 0.191 e. The summed E-state index contributed by atoms with van der Waals surface area (Å²) in [5.74, 6) is 2.88. The second kappa shape index (κ2) is 10.2. The first-order valence-electron chi connectivity index (χ1n) is 8.67. The second-order valence-corrected chi connectivity index (χ2v) is 5.88. The molecule has 1 atom stereocenters. The third-order valence-electron chi connectivity index (χ3n) is 3.91. The molecular formula is C20H27N3O4. The fraction of sp³-hybridized carbons (Fsp3) is 0.350. The maximum atomic E-state index is 9.96. The Morgan fingerprint density at radius 3 is 2.48 bits per heavy atom. The normalized spacial score (nSPS) is 12.2. The number of phenolic OH excluding ortho intramolecular Hbond substituents is 1. The van der Waals surface area contributed by atoms with Crippen LogP contribution in [0.5, 0.6) is 23.0 Å². The lowest BCUT2D eigenvalue weighted by Crippen LogP contribution is -2.41. The number of aromatic hydroxyl groups is 1. The summed E-state index contributed by atoms with van der Waals surface area (Å²) in [6.07, 6.45) is -0.106. The molecule has 7 heteroatoms. The van der Waals surface area contributed by atoms with Crippen LogP contribution in [0.3, 0.4) is 0 Å². The molecule has 0 aromatic heterocycles. The van der Waals surface area contributed by atoms with Crippen molar-refractivity contribution < 1.29 is 19.3 Å². The Labute approximate surface area is 160 Å². The van der Waals surface area contributed by atoms with Crippen LogP contribution in [0.4, 0.5) is 0 Å². The van der Waals surface area contributed by atoms with Crippen LogP contribution in [0.25, 0.3) is 0 Å². The molecule has 0 radical (unpaired) electrons.